The summed E-state index contributed by atoms with van der Waals surface area (Å²) in [5.41, 5.74) is 3.51. The van der Waals surface area contributed by atoms with Gasteiger partial charge in [-0.1, -0.05) is 20.8 Å². The highest BCUT2D eigenvalue weighted by Gasteiger charge is 2.33. The molecule has 7 nitrogen and oxygen atoms in total. The van der Waals surface area contributed by atoms with Crippen LogP contribution >= 0.6 is 0 Å². The maximum atomic E-state index is 15.5. The molecule has 4 rings (SSSR count). The van der Waals surface area contributed by atoms with E-state index in [9.17, 15) is 4.79 Å². The fraction of sp³-hybridized carbons (Fsp3) is 0.367. The van der Waals surface area contributed by atoms with E-state index in [2.05, 4.69) is 25.8 Å². The van der Waals surface area contributed by atoms with Crippen molar-refractivity contribution >= 4 is 11.6 Å². The largest absolute Gasteiger partial charge is 0.496 e. The Hall–Kier alpha value is -3.94. The zero-order chi connectivity index (χ0) is 27.6. The molecule has 1 N–H and O–H groups in total. The number of rotatable bonds is 9. The van der Waals surface area contributed by atoms with Crippen molar-refractivity contribution in [2.24, 2.45) is 0 Å². The number of benzene rings is 2. The number of Topliss-reactive ketones (excluding diaryl/α,β-unsaturated/α-hetero) is 1. The van der Waals surface area contributed by atoms with E-state index in [1.807, 2.05) is 31.2 Å². The number of hydrogen-bond donors (Lipinski definition) is 1. The number of carbonyl (C=O) groups excluding carboxylic acids is 1. The molecule has 2 aromatic carbocycles. The Bertz CT molecular complexity index is 1370. The molecule has 0 atom stereocenters. The zero-order valence-corrected chi connectivity index (χ0v) is 22.8. The van der Waals surface area contributed by atoms with Gasteiger partial charge in [0, 0.05) is 35.6 Å². The quantitative estimate of drug-likeness (QED) is 0.348. The highest BCUT2D eigenvalue weighted by atomic mass is 19.1. The monoisotopic (exact) mass is 519 g/mol. The Morgan fingerprint density at radius 1 is 1.08 bits per heavy atom. The smallest absolute Gasteiger partial charge is 0.197 e. The second-order valence-corrected chi connectivity index (χ2v) is 10.1. The zero-order valence-electron chi connectivity index (χ0n) is 22.8. The molecule has 200 valence electrons. The SMILES string of the molecule is CCOc1cc2c(c(F)c1OCC)C(=N)N(CC(=O)c1cc(-c3ccncc3)c(OC)c(C(C)(C)C)c1)C2. The number of aromatic nitrogens is 1. The van der Waals surface area contributed by atoms with Crippen LogP contribution in [0.25, 0.3) is 11.1 Å². The maximum absolute atomic E-state index is 15.5. The number of ketones is 1. The first kappa shape index (κ1) is 27.1. The van der Waals surface area contributed by atoms with Crippen molar-refractivity contribution in [2.75, 3.05) is 26.9 Å². The van der Waals surface area contributed by atoms with Gasteiger partial charge in [-0.15, -0.1) is 0 Å². The molecular weight excluding hydrogens is 485 g/mol. The number of fused-ring (bicyclic) bond motifs is 1. The van der Waals surface area contributed by atoms with Crippen LogP contribution < -0.4 is 14.2 Å². The number of halogens is 1. The topological polar surface area (TPSA) is 84.7 Å². The van der Waals surface area contributed by atoms with E-state index < -0.39 is 5.82 Å². The molecule has 0 saturated heterocycles. The van der Waals surface area contributed by atoms with Crippen molar-refractivity contribution in [3.63, 3.8) is 0 Å². The van der Waals surface area contributed by atoms with Gasteiger partial charge in [0.2, 0.25) is 0 Å². The lowest BCUT2D eigenvalue weighted by molar-refractivity contribution is 0.0962. The Morgan fingerprint density at radius 2 is 1.76 bits per heavy atom. The second-order valence-electron chi connectivity index (χ2n) is 10.1. The minimum Gasteiger partial charge on any atom is -0.496 e. The summed E-state index contributed by atoms with van der Waals surface area (Å²) in [6, 6.07) is 9.14. The van der Waals surface area contributed by atoms with E-state index in [-0.39, 0.29) is 48.0 Å². The van der Waals surface area contributed by atoms with Crippen LogP contribution in [0.4, 0.5) is 4.39 Å². The first-order valence-corrected chi connectivity index (χ1v) is 12.7. The number of carbonyl (C=O) groups is 1. The molecule has 0 unspecified atom stereocenters. The van der Waals surface area contributed by atoms with Crippen molar-refractivity contribution in [3.05, 3.63) is 70.8 Å². The van der Waals surface area contributed by atoms with E-state index in [4.69, 9.17) is 19.6 Å². The van der Waals surface area contributed by atoms with E-state index in [0.29, 0.717) is 29.2 Å². The Morgan fingerprint density at radius 3 is 2.37 bits per heavy atom. The van der Waals surface area contributed by atoms with Crippen molar-refractivity contribution in [1.29, 1.82) is 5.41 Å². The van der Waals surface area contributed by atoms with Gasteiger partial charge in [0.25, 0.3) is 0 Å². The number of pyridine rings is 1. The molecule has 1 aliphatic rings. The number of nitrogens with zero attached hydrogens (tertiary/aromatic N) is 2. The predicted octanol–water partition coefficient (Wildman–Crippen LogP) is 6.02. The van der Waals surface area contributed by atoms with Crippen LogP contribution in [0, 0.1) is 11.2 Å². The summed E-state index contributed by atoms with van der Waals surface area (Å²) in [4.78, 5) is 19.3. The van der Waals surface area contributed by atoms with Crippen LogP contribution in [0.15, 0.2) is 42.7 Å². The van der Waals surface area contributed by atoms with Gasteiger partial charge in [-0.3, -0.25) is 15.2 Å². The first-order valence-electron chi connectivity index (χ1n) is 12.7. The normalized spacial score (nSPS) is 12.9. The van der Waals surface area contributed by atoms with Gasteiger partial charge < -0.3 is 19.1 Å². The van der Waals surface area contributed by atoms with Crippen LogP contribution in [-0.4, -0.2) is 48.4 Å². The minimum absolute atomic E-state index is 0.00186. The van der Waals surface area contributed by atoms with Gasteiger partial charge in [-0.2, -0.15) is 0 Å². The molecule has 0 fully saturated rings. The molecule has 3 aromatic rings. The van der Waals surface area contributed by atoms with Crippen LogP contribution in [-0.2, 0) is 12.0 Å². The minimum atomic E-state index is -0.632. The van der Waals surface area contributed by atoms with E-state index in [1.165, 1.54) is 0 Å². The Balaban J connectivity index is 1.71. The standard InChI is InChI=1S/C30H34FN3O4/c1-7-37-24-15-20-16-34(29(32)25(20)26(31)28(24)38-8-2)17-23(35)19-13-21(18-9-11-33-12-10-18)27(36-6)22(14-19)30(3,4)5/h9-15,32H,7-8,16-17H2,1-6H3. The molecular formula is C30H34FN3O4. The third kappa shape index (κ3) is 5.08. The van der Waals surface area contributed by atoms with Crippen LogP contribution in [0.5, 0.6) is 17.2 Å². The summed E-state index contributed by atoms with van der Waals surface area (Å²) in [6.45, 7) is 10.5. The van der Waals surface area contributed by atoms with Crippen molar-refractivity contribution in [3.8, 4) is 28.4 Å². The highest BCUT2D eigenvalue weighted by Crippen LogP contribution is 2.41. The predicted molar refractivity (Wildman–Crippen MR) is 145 cm³/mol. The van der Waals surface area contributed by atoms with Crippen molar-refractivity contribution < 1.29 is 23.4 Å². The second kappa shape index (κ2) is 10.8. The van der Waals surface area contributed by atoms with Gasteiger partial charge >= 0.3 is 0 Å². The van der Waals surface area contributed by atoms with E-state index in [1.54, 1.807) is 37.4 Å². The molecule has 0 amide bonds. The Kier molecular flexibility index (Phi) is 7.71. The van der Waals surface area contributed by atoms with E-state index in [0.717, 1.165) is 16.7 Å². The summed E-state index contributed by atoms with van der Waals surface area (Å²) < 4.78 is 32.4. The lowest BCUT2D eigenvalue weighted by Crippen LogP contribution is -2.30. The van der Waals surface area contributed by atoms with Gasteiger partial charge in [-0.05, 0) is 60.7 Å². The lowest BCUT2D eigenvalue weighted by atomic mass is 9.82. The first-order chi connectivity index (χ1) is 18.1. The maximum Gasteiger partial charge on any atom is 0.197 e. The van der Waals surface area contributed by atoms with Crippen molar-refractivity contribution in [1.82, 2.24) is 9.88 Å². The number of ether oxygens (including phenoxy) is 3. The average molecular weight is 520 g/mol. The van der Waals surface area contributed by atoms with Crippen molar-refractivity contribution in [2.45, 2.75) is 46.6 Å². The van der Waals surface area contributed by atoms with Gasteiger partial charge in [0.05, 0.1) is 32.4 Å². The van der Waals surface area contributed by atoms with Gasteiger partial charge in [0.15, 0.2) is 23.1 Å². The highest BCUT2D eigenvalue weighted by molar-refractivity contribution is 6.06. The molecule has 0 bridgehead atoms. The lowest BCUT2D eigenvalue weighted by Gasteiger charge is -2.26. The molecule has 0 saturated carbocycles. The summed E-state index contributed by atoms with van der Waals surface area (Å²) >= 11 is 0. The molecule has 38 heavy (non-hydrogen) atoms. The van der Waals surface area contributed by atoms with E-state index >= 15 is 4.39 Å². The number of amidine groups is 1. The third-order valence-corrected chi connectivity index (χ3v) is 6.52. The third-order valence-electron chi connectivity index (χ3n) is 6.52. The fourth-order valence-electron chi connectivity index (χ4n) is 4.74. The molecule has 0 aliphatic carbocycles. The summed E-state index contributed by atoms with van der Waals surface area (Å²) in [7, 11) is 1.63. The summed E-state index contributed by atoms with van der Waals surface area (Å²) in [5.74, 6) is 0.148. The number of methoxy groups -OCH3 is 1. The average Bonchev–Trinajstić information content (AvgIpc) is 3.20. The van der Waals surface area contributed by atoms with Crippen LogP contribution in [0.1, 0.15) is 61.7 Å². The molecule has 1 aliphatic heterocycles. The van der Waals surface area contributed by atoms with Crippen LogP contribution in [0.3, 0.4) is 0 Å². The number of hydrogen-bond acceptors (Lipinski definition) is 6. The molecule has 2 heterocycles. The summed E-state index contributed by atoms with van der Waals surface area (Å²) in [5, 5.41) is 8.68. The van der Waals surface area contributed by atoms with Gasteiger partial charge in [0.1, 0.15) is 11.6 Å². The summed E-state index contributed by atoms with van der Waals surface area (Å²) in [6.07, 6.45) is 3.40. The van der Waals surface area contributed by atoms with Gasteiger partial charge in [-0.25, -0.2) is 4.39 Å². The number of nitrogens with one attached hydrogen (secondary N) is 1. The Labute approximate surface area is 223 Å². The fourth-order valence-corrected chi connectivity index (χ4v) is 4.74. The molecule has 1 aromatic heterocycles. The molecule has 0 radical (unpaired) electrons. The van der Waals surface area contributed by atoms with Crippen LogP contribution in [0.2, 0.25) is 0 Å². The molecule has 8 heteroatoms. The molecule has 0 spiro atoms.